The van der Waals surface area contributed by atoms with Crippen molar-refractivity contribution in [3.63, 3.8) is 0 Å². The van der Waals surface area contributed by atoms with Gasteiger partial charge in [-0.2, -0.15) is 0 Å². The third-order valence-electron chi connectivity index (χ3n) is 3.42. The molecular formula is C14H23F6N6OP. The van der Waals surface area contributed by atoms with Crippen LogP contribution in [-0.4, -0.2) is 61.8 Å². The molecule has 0 spiro atoms. The van der Waals surface area contributed by atoms with E-state index in [1.165, 1.54) is 4.85 Å². The summed E-state index contributed by atoms with van der Waals surface area (Å²) in [5.74, 6) is 0. The summed E-state index contributed by atoms with van der Waals surface area (Å²) < 4.78 is 61.4. The summed E-state index contributed by atoms with van der Waals surface area (Å²) in [4.78, 5) is 13.8. The van der Waals surface area contributed by atoms with Gasteiger partial charge in [-0.15, -0.1) is 5.10 Å². The Morgan fingerprint density at radius 1 is 1.07 bits per heavy atom. The molecule has 0 bridgehead atoms. The molecule has 2 aromatic heterocycles. The minimum absolute atomic E-state index is 0.620. The Morgan fingerprint density at radius 2 is 1.61 bits per heavy atom. The van der Waals surface area contributed by atoms with Gasteiger partial charge in [-0.3, -0.25) is 4.84 Å². The van der Waals surface area contributed by atoms with Gasteiger partial charge < -0.3 is 0 Å². The van der Waals surface area contributed by atoms with Crippen LogP contribution in [0.4, 0.5) is 25.2 Å². The van der Waals surface area contributed by atoms with E-state index in [9.17, 15) is 25.2 Å². The number of pyridine rings is 1. The van der Waals surface area contributed by atoms with Gasteiger partial charge in [-0.05, 0) is 49.9 Å². The molecule has 0 aromatic carbocycles. The molecule has 7 nitrogen and oxygen atoms in total. The zero-order valence-corrected chi connectivity index (χ0v) is 16.8. The second kappa shape index (κ2) is 8.06. The molecule has 0 radical (unpaired) electrons. The first-order valence-electron chi connectivity index (χ1n) is 8.48. The molecule has 2 heterocycles. The second-order valence-electron chi connectivity index (χ2n) is 5.49. The van der Waals surface area contributed by atoms with Crippen molar-refractivity contribution in [2.24, 2.45) is 0 Å². The molecular weight excluding hydrogens is 413 g/mol. The van der Waals surface area contributed by atoms with Gasteiger partial charge >= 0.3 is 39.0 Å². The average molecular weight is 436 g/mol. The van der Waals surface area contributed by atoms with E-state index >= 15 is 0 Å². The topological polar surface area (TPSA) is 59.1 Å². The molecule has 0 amide bonds. The van der Waals surface area contributed by atoms with Crippen molar-refractivity contribution in [1.82, 2.24) is 25.0 Å². The van der Waals surface area contributed by atoms with Crippen molar-refractivity contribution in [3.05, 3.63) is 18.3 Å². The standard InChI is InChI=1S/C14H23N6O.F6P/c1-5-18(6-2)14(19(7-3)8-4)21-20-13-12(16-17-20)10-9-11-15-13;1-7(2,3,4,5)6/h9-11H,5-8H2,1-4H3;/q+1;-1. The van der Waals surface area contributed by atoms with Crippen molar-refractivity contribution in [2.75, 3.05) is 26.2 Å². The van der Waals surface area contributed by atoms with Crippen molar-refractivity contribution < 1.29 is 34.6 Å². The molecule has 0 fully saturated rings. The van der Waals surface area contributed by atoms with Gasteiger partial charge in [-0.1, -0.05) is 0 Å². The Hall–Kier alpha value is -2.17. The number of amidine groups is 1. The number of hydrogen-bond donors (Lipinski definition) is 0. The normalized spacial score (nSPS) is 13.8. The van der Waals surface area contributed by atoms with Crippen LogP contribution in [0, 0.1) is 0 Å². The Morgan fingerprint density at radius 3 is 2.07 bits per heavy atom. The second-order valence-corrected chi connectivity index (χ2v) is 7.40. The number of nitrogens with zero attached hydrogens (tertiary/aromatic N) is 6. The molecule has 0 aliphatic rings. The van der Waals surface area contributed by atoms with Crippen LogP contribution in [0.2, 0.25) is 0 Å². The number of hydrogen-bond acceptors (Lipinski definition) is 4. The predicted molar refractivity (Wildman–Crippen MR) is 94.7 cm³/mol. The minimum atomic E-state index is -10.7. The zero-order chi connectivity index (χ0) is 21.7. The van der Waals surface area contributed by atoms with Crippen molar-refractivity contribution >= 4 is 25.0 Å². The maximum absolute atomic E-state index is 10.7. The van der Waals surface area contributed by atoms with Crippen molar-refractivity contribution in [1.29, 1.82) is 0 Å². The van der Waals surface area contributed by atoms with Crippen molar-refractivity contribution in [2.45, 2.75) is 27.7 Å². The summed E-state index contributed by atoms with van der Waals surface area (Å²) in [6.07, 6.45) is 1.71. The number of fused-ring (bicyclic) bond motifs is 1. The summed E-state index contributed by atoms with van der Waals surface area (Å²) in [7, 11) is -10.7. The summed E-state index contributed by atoms with van der Waals surface area (Å²) in [5, 5.41) is 8.11. The fourth-order valence-corrected chi connectivity index (χ4v) is 2.19. The molecule has 28 heavy (non-hydrogen) atoms. The number of halogens is 6. The Balaban J connectivity index is 0.000000480. The van der Waals surface area contributed by atoms with E-state index in [4.69, 9.17) is 4.84 Å². The Labute approximate surface area is 157 Å². The van der Waals surface area contributed by atoms with E-state index in [0.717, 1.165) is 37.7 Å². The van der Waals surface area contributed by atoms with Crippen LogP contribution in [-0.2, 0) is 0 Å². The average Bonchev–Trinajstić information content (AvgIpc) is 2.97. The summed E-state index contributed by atoms with van der Waals surface area (Å²) in [6.45, 7) is 11.9. The maximum atomic E-state index is 9.87. The number of aromatic nitrogens is 4. The van der Waals surface area contributed by atoms with E-state index in [1.54, 1.807) is 6.20 Å². The monoisotopic (exact) mass is 436 g/mol. The molecule has 0 aliphatic carbocycles. The Bertz CT molecular complexity index is 801. The van der Waals surface area contributed by atoms with Crippen LogP contribution in [0.3, 0.4) is 0 Å². The molecule has 0 saturated heterocycles. The van der Waals surface area contributed by atoms with Crippen LogP contribution in [0.5, 0.6) is 0 Å². The van der Waals surface area contributed by atoms with Crippen LogP contribution in [0.1, 0.15) is 27.7 Å². The fourth-order valence-electron chi connectivity index (χ4n) is 2.19. The first kappa shape index (κ1) is 23.9. The summed E-state index contributed by atoms with van der Waals surface area (Å²) in [6, 6.07) is 4.48. The molecule has 0 atom stereocenters. The van der Waals surface area contributed by atoms with Gasteiger partial charge in [0, 0.05) is 6.20 Å². The van der Waals surface area contributed by atoms with Gasteiger partial charge in [0.05, 0.1) is 26.2 Å². The third-order valence-corrected chi connectivity index (χ3v) is 3.42. The molecule has 0 N–H and O–H groups in total. The van der Waals surface area contributed by atoms with Gasteiger partial charge in [0.25, 0.3) is 0 Å². The predicted octanol–water partition coefficient (Wildman–Crippen LogP) is 4.39. The van der Waals surface area contributed by atoms with E-state index < -0.39 is 7.81 Å². The van der Waals surface area contributed by atoms with Crippen LogP contribution in [0.25, 0.3) is 11.2 Å². The summed E-state index contributed by atoms with van der Waals surface area (Å²) in [5.41, 5.74) is 1.34. The molecule has 0 saturated carbocycles. The van der Waals surface area contributed by atoms with E-state index in [1.807, 2.05) is 12.1 Å². The zero-order valence-electron chi connectivity index (χ0n) is 15.9. The van der Waals surface area contributed by atoms with E-state index in [2.05, 4.69) is 52.5 Å². The Kier molecular flexibility index (Phi) is 6.87. The number of rotatable bonds is 5. The SMILES string of the molecule is CCN(CC)C(On1nnc2cccnc21)=[N+](CC)CC.F[P-](F)(F)(F)(F)F. The van der Waals surface area contributed by atoms with Gasteiger partial charge in [0.1, 0.15) is 5.52 Å². The summed E-state index contributed by atoms with van der Waals surface area (Å²) >= 11 is 0. The van der Waals surface area contributed by atoms with E-state index in [-0.39, 0.29) is 0 Å². The van der Waals surface area contributed by atoms with Crippen LogP contribution < -0.4 is 4.84 Å². The molecule has 2 rings (SSSR count). The third kappa shape index (κ3) is 8.68. The first-order chi connectivity index (χ1) is 12.7. The van der Waals surface area contributed by atoms with Gasteiger partial charge in [0.15, 0.2) is 0 Å². The molecule has 14 heteroatoms. The molecule has 2 aromatic rings. The van der Waals surface area contributed by atoms with Gasteiger partial charge in [0.2, 0.25) is 5.65 Å². The van der Waals surface area contributed by atoms with E-state index in [0.29, 0.717) is 5.65 Å². The van der Waals surface area contributed by atoms with Gasteiger partial charge in [-0.25, -0.2) is 14.5 Å². The molecule has 0 aliphatic heterocycles. The van der Waals surface area contributed by atoms with Crippen molar-refractivity contribution in [3.8, 4) is 0 Å². The quantitative estimate of drug-likeness (QED) is 0.229. The molecule has 0 unspecified atom stereocenters. The van der Waals surface area contributed by atoms with Crippen LogP contribution >= 0.6 is 7.81 Å². The first-order valence-corrected chi connectivity index (χ1v) is 10.5. The molecule has 162 valence electrons. The van der Waals surface area contributed by atoms with Crippen LogP contribution in [0.15, 0.2) is 18.3 Å². The fraction of sp³-hybridized carbons (Fsp3) is 0.571.